The van der Waals surface area contributed by atoms with Gasteiger partial charge in [0.15, 0.2) is 5.82 Å². The van der Waals surface area contributed by atoms with E-state index in [2.05, 4.69) is 20.4 Å². The number of aromatic nitrogens is 3. The van der Waals surface area contributed by atoms with Crippen LogP contribution in [0.1, 0.15) is 35.0 Å². The van der Waals surface area contributed by atoms with Crippen molar-refractivity contribution in [2.24, 2.45) is 0 Å². The Kier molecular flexibility index (Phi) is 4.51. The van der Waals surface area contributed by atoms with Crippen molar-refractivity contribution >= 4 is 5.91 Å². The third-order valence-corrected chi connectivity index (χ3v) is 3.52. The van der Waals surface area contributed by atoms with E-state index in [1.807, 2.05) is 0 Å². The summed E-state index contributed by atoms with van der Waals surface area (Å²) < 4.78 is 31.8. The lowest BCUT2D eigenvalue weighted by Gasteiger charge is -2.11. The van der Waals surface area contributed by atoms with Gasteiger partial charge >= 0.3 is 0 Å². The van der Waals surface area contributed by atoms with E-state index in [1.165, 1.54) is 24.5 Å². The molecule has 1 aromatic carbocycles. The molecule has 0 unspecified atom stereocenters. The molecule has 0 aliphatic carbocycles. The lowest BCUT2D eigenvalue weighted by Crippen LogP contribution is -2.27. The minimum Gasteiger partial charge on any atom is -0.342 e. The first-order valence-electron chi connectivity index (χ1n) is 7.45. The van der Waals surface area contributed by atoms with Crippen molar-refractivity contribution in [3.05, 3.63) is 65.6 Å². The Balaban J connectivity index is 1.82. The highest BCUT2D eigenvalue weighted by Gasteiger charge is 2.17. The molecular weight excluding hydrogens is 330 g/mol. The number of hydrogen-bond donors (Lipinski definition) is 1. The summed E-state index contributed by atoms with van der Waals surface area (Å²) in [6.45, 7) is 3.36. The molecule has 2 heterocycles. The number of hydrogen-bond acceptors (Lipinski definition) is 5. The molecule has 2 aromatic heterocycles. The molecule has 1 N–H and O–H groups in total. The van der Waals surface area contributed by atoms with E-state index in [1.54, 1.807) is 13.8 Å². The second-order valence-electron chi connectivity index (χ2n) is 5.45. The van der Waals surface area contributed by atoms with E-state index in [-0.39, 0.29) is 11.1 Å². The Labute approximate surface area is 141 Å². The normalized spacial score (nSPS) is 12.0. The molecule has 0 aliphatic rings. The van der Waals surface area contributed by atoms with Crippen LogP contribution in [0.15, 0.2) is 41.2 Å². The number of rotatable bonds is 4. The van der Waals surface area contributed by atoms with E-state index < -0.39 is 23.6 Å². The van der Waals surface area contributed by atoms with Gasteiger partial charge in [-0.15, -0.1) is 0 Å². The van der Waals surface area contributed by atoms with E-state index in [0.29, 0.717) is 17.3 Å². The third kappa shape index (κ3) is 3.68. The predicted octanol–water partition coefficient (Wildman–Crippen LogP) is 3.21. The molecule has 25 heavy (non-hydrogen) atoms. The summed E-state index contributed by atoms with van der Waals surface area (Å²) in [7, 11) is 0. The van der Waals surface area contributed by atoms with Gasteiger partial charge in [-0.25, -0.2) is 8.78 Å². The predicted molar refractivity (Wildman–Crippen MR) is 84.5 cm³/mol. The standard InChI is InChI=1S/C17H14F2N4O2/c1-9(16-22-10(2)25-23-16)21-17(24)12-5-11(7-20-8-12)14-4-3-13(18)6-15(14)19/h3-9H,1-2H3,(H,21,24)/t9-/m1/s1. The summed E-state index contributed by atoms with van der Waals surface area (Å²) in [6.07, 6.45) is 2.76. The van der Waals surface area contributed by atoms with Gasteiger partial charge in [-0.05, 0) is 25.1 Å². The largest absolute Gasteiger partial charge is 0.342 e. The average molecular weight is 344 g/mol. The first kappa shape index (κ1) is 16.7. The average Bonchev–Trinajstić information content (AvgIpc) is 3.01. The Morgan fingerprint density at radius 2 is 2.04 bits per heavy atom. The maximum Gasteiger partial charge on any atom is 0.253 e. The van der Waals surface area contributed by atoms with Crippen LogP contribution in [-0.4, -0.2) is 21.0 Å². The van der Waals surface area contributed by atoms with Crippen molar-refractivity contribution in [1.82, 2.24) is 20.4 Å². The maximum absolute atomic E-state index is 13.9. The molecule has 0 bridgehead atoms. The highest BCUT2D eigenvalue weighted by atomic mass is 19.1. The molecular formula is C17H14F2N4O2. The van der Waals surface area contributed by atoms with Gasteiger partial charge in [0.1, 0.15) is 11.6 Å². The number of nitrogens with zero attached hydrogens (tertiary/aromatic N) is 3. The van der Waals surface area contributed by atoms with Crippen molar-refractivity contribution in [3.63, 3.8) is 0 Å². The monoisotopic (exact) mass is 344 g/mol. The molecule has 3 rings (SSSR count). The van der Waals surface area contributed by atoms with E-state index in [4.69, 9.17) is 4.52 Å². The summed E-state index contributed by atoms with van der Waals surface area (Å²) in [5, 5.41) is 6.46. The van der Waals surface area contributed by atoms with Gasteiger partial charge in [-0.2, -0.15) is 4.98 Å². The van der Waals surface area contributed by atoms with Gasteiger partial charge in [0.2, 0.25) is 5.89 Å². The van der Waals surface area contributed by atoms with Gasteiger partial charge < -0.3 is 9.84 Å². The van der Waals surface area contributed by atoms with E-state index in [9.17, 15) is 13.6 Å². The molecule has 0 fully saturated rings. The van der Waals surface area contributed by atoms with Gasteiger partial charge in [-0.1, -0.05) is 5.16 Å². The van der Waals surface area contributed by atoms with E-state index in [0.717, 1.165) is 12.1 Å². The molecule has 8 heteroatoms. The summed E-state index contributed by atoms with van der Waals surface area (Å²) in [5.74, 6) is -1.08. The molecule has 1 atom stereocenters. The van der Waals surface area contributed by atoms with Crippen LogP contribution in [0.5, 0.6) is 0 Å². The summed E-state index contributed by atoms with van der Waals surface area (Å²) >= 11 is 0. The number of halogens is 2. The quantitative estimate of drug-likeness (QED) is 0.786. The number of carbonyl (C=O) groups is 1. The van der Waals surface area contributed by atoms with Crippen LogP contribution in [0, 0.1) is 18.6 Å². The van der Waals surface area contributed by atoms with Crippen molar-refractivity contribution in [2.75, 3.05) is 0 Å². The first-order chi connectivity index (χ1) is 11.9. The second kappa shape index (κ2) is 6.76. The molecule has 0 saturated carbocycles. The minimum absolute atomic E-state index is 0.158. The number of amides is 1. The van der Waals surface area contributed by atoms with Crippen LogP contribution in [0.2, 0.25) is 0 Å². The van der Waals surface area contributed by atoms with Crippen molar-refractivity contribution in [2.45, 2.75) is 19.9 Å². The zero-order chi connectivity index (χ0) is 18.0. The fraction of sp³-hybridized carbons (Fsp3) is 0.176. The Bertz CT molecular complexity index is 927. The van der Waals surface area contributed by atoms with Crippen molar-refractivity contribution in [1.29, 1.82) is 0 Å². The molecule has 128 valence electrons. The zero-order valence-corrected chi connectivity index (χ0v) is 13.5. The van der Waals surface area contributed by atoms with Crippen LogP contribution in [0.3, 0.4) is 0 Å². The molecule has 6 nitrogen and oxygen atoms in total. The summed E-state index contributed by atoms with van der Waals surface area (Å²) in [6, 6.07) is 4.23. The molecule has 0 saturated heterocycles. The summed E-state index contributed by atoms with van der Waals surface area (Å²) in [4.78, 5) is 20.4. The number of nitrogens with one attached hydrogen (secondary N) is 1. The molecule has 0 aliphatic heterocycles. The smallest absolute Gasteiger partial charge is 0.253 e. The Hall–Kier alpha value is -3.16. The van der Waals surface area contributed by atoms with Crippen LogP contribution < -0.4 is 5.32 Å². The highest BCUT2D eigenvalue weighted by Crippen LogP contribution is 2.23. The second-order valence-corrected chi connectivity index (χ2v) is 5.45. The SMILES string of the molecule is Cc1nc([C@@H](C)NC(=O)c2cncc(-c3ccc(F)cc3F)c2)no1. The van der Waals surface area contributed by atoms with Crippen molar-refractivity contribution < 1.29 is 18.1 Å². The minimum atomic E-state index is -0.727. The van der Waals surface area contributed by atoms with Crippen LogP contribution >= 0.6 is 0 Å². The zero-order valence-electron chi connectivity index (χ0n) is 13.5. The highest BCUT2D eigenvalue weighted by molar-refractivity contribution is 5.95. The van der Waals surface area contributed by atoms with E-state index >= 15 is 0 Å². The van der Waals surface area contributed by atoms with Gasteiger partial charge in [0.25, 0.3) is 5.91 Å². The molecule has 0 radical (unpaired) electrons. The fourth-order valence-corrected chi connectivity index (χ4v) is 2.27. The summed E-state index contributed by atoms with van der Waals surface area (Å²) in [5.41, 5.74) is 0.756. The van der Waals surface area contributed by atoms with Crippen molar-refractivity contribution in [3.8, 4) is 11.1 Å². The lowest BCUT2D eigenvalue weighted by molar-refractivity contribution is 0.0937. The topological polar surface area (TPSA) is 80.9 Å². The number of benzene rings is 1. The lowest BCUT2D eigenvalue weighted by atomic mass is 10.0. The molecule has 1 amide bonds. The van der Waals surface area contributed by atoms with Crippen LogP contribution in [0.25, 0.3) is 11.1 Å². The van der Waals surface area contributed by atoms with Gasteiger partial charge in [0, 0.05) is 36.5 Å². The first-order valence-corrected chi connectivity index (χ1v) is 7.45. The number of carbonyl (C=O) groups excluding carboxylic acids is 1. The molecule has 0 spiro atoms. The molecule has 3 aromatic rings. The Morgan fingerprint density at radius 3 is 2.72 bits per heavy atom. The van der Waals surface area contributed by atoms with Gasteiger partial charge in [-0.3, -0.25) is 9.78 Å². The number of aryl methyl sites for hydroxylation is 1. The number of pyridine rings is 1. The third-order valence-electron chi connectivity index (χ3n) is 3.52. The van der Waals surface area contributed by atoms with Crippen LogP contribution in [0.4, 0.5) is 8.78 Å². The Morgan fingerprint density at radius 1 is 1.24 bits per heavy atom. The fourth-order valence-electron chi connectivity index (χ4n) is 2.27. The maximum atomic E-state index is 13.9. The van der Waals surface area contributed by atoms with Crippen LogP contribution in [-0.2, 0) is 0 Å². The van der Waals surface area contributed by atoms with Gasteiger partial charge in [0.05, 0.1) is 11.6 Å².